The molecule has 0 saturated carbocycles. The molecule has 0 unspecified atom stereocenters. The first-order chi connectivity index (χ1) is 10.2. The number of nitrogens with zero attached hydrogens (tertiary/aromatic N) is 3. The van der Waals surface area contributed by atoms with Crippen molar-refractivity contribution in [3.8, 4) is 5.75 Å². The number of phenolic OH excluding ortho intramolecular Hbond substituents is 1. The van der Waals surface area contributed by atoms with Gasteiger partial charge in [-0.25, -0.2) is 4.98 Å². The molecule has 108 valence electrons. The third-order valence-electron chi connectivity index (χ3n) is 3.09. The van der Waals surface area contributed by atoms with Crippen LogP contribution in [0.5, 0.6) is 5.75 Å². The summed E-state index contributed by atoms with van der Waals surface area (Å²) >= 11 is 0. The Kier molecular flexibility index (Phi) is 3.65. The summed E-state index contributed by atoms with van der Waals surface area (Å²) in [7, 11) is 0. The summed E-state index contributed by atoms with van der Waals surface area (Å²) in [6, 6.07) is 6.51. The zero-order valence-electron chi connectivity index (χ0n) is 11.2. The summed E-state index contributed by atoms with van der Waals surface area (Å²) < 4.78 is 5.20. The van der Waals surface area contributed by atoms with E-state index in [0.29, 0.717) is 24.6 Å². The van der Waals surface area contributed by atoms with E-state index in [-0.39, 0.29) is 11.8 Å². The number of imidazole rings is 1. The maximum atomic E-state index is 9.25. The maximum Gasteiger partial charge on any atom is 0.243 e. The van der Waals surface area contributed by atoms with Crippen molar-refractivity contribution in [2.75, 3.05) is 0 Å². The first kappa shape index (κ1) is 13.3. The molecule has 0 bridgehead atoms. The van der Waals surface area contributed by atoms with Crippen LogP contribution in [0, 0.1) is 0 Å². The highest BCUT2D eigenvalue weighted by molar-refractivity contribution is 5.27. The third kappa shape index (κ3) is 3.26. The van der Waals surface area contributed by atoms with Crippen molar-refractivity contribution in [3.05, 3.63) is 59.8 Å². The summed E-state index contributed by atoms with van der Waals surface area (Å²) in [5, 5.41) is 13.2. The fourth-order valence-corrected chi connectivity index (χ4v) is 2.01. The van der Waals surface area contributed by atoms with Crippen molar-refractivity contribution in [1.29, 1.82) is 0 Å². The number of aromatic hydroxyl groups is 1. The molecule has 3 aromatic rings. The summed E-state index contributed by atoms with van der Waals surface area (Å²) in [5.74, 6) is 1.20. The van der Waals surface area contributed by atoms with Gasteiger partial charge in [-0.15, -0.1) is 0 Å². The van der Waals surface area contributed by atoms with Gasteiger partial charge in [0.25, 0.3) is 0 Å². The van der Waals surface area contributed by atoms with Gasteiger partial charge in [0, 0.05) is 24.7 Å². The second kappa shape index (κ2) is 5.76. The first-order valence-electron chi connectivity index (χ1n) is 6.54. The molecule has 0 aliphatic carbocycles. The van der Waals surface area contributed by atoms with Crippen LogP contribution < -0.4 is 5.73 Å². The minimum absolute atomic E-state index is 0.231. The Hall–Kier alpha value is -2.67. The molecule has 0 saturated heterocycles. The van der Waals surface area contributed by atoms with E-state index in [2.05, 4.69) is 20.1 Å². The van der Waals surface area contributed by atoms with Crippen LogP contribution in [-0.2, 0) is 12.8 Å². The number of H-pyrrole nitrogens is 1. The van der Waals surface area contributed by atoms with Crippen molar-refractivity contribution in [1.82, 2.24) is 20.1 Å². The molecule has 0 aliphatic heterocycles. The van der Waals surface area contributed by atoms with Crippen LogP contribution in [0.1, 0.15) is 29.0 Å². The molecule has 0 radical (unpaired) electrons. The monoisotopic (exact) mass is 285 g/mol. The minimum atomic E-state index is -0.369. The molecule has 4 N–H and O–H groups in total. The van der Waals surface area contributed by atoms with Gasteiger partial charge in [0.05, 0.1) is 12.4 Å². The first-order valence-corrected chi connectivity index (χ1v) is 6.54. The number of nitrogens with two attached hydrogens (primary N) is 1. The molecule has 0 aliphatic rings. The number of rotatable bonds is 5. The van der Waals surface area contributed by atoms with E-state index in [1.54, 1.807) is 24.7 Å². The molecule has 21 heavy (non-hydrogen) atoms. The average molecular weight is 285 g/mol. The number of hydrogen-bond donors (Lipinski definition) is 3. The Labute approximate surface area is 120 Å². The summed E-state index contributed by atoms with van der Waals surface area (Å²) in [5.41, 5.74) is 7.94. The van der Waals surface area contributed by atoms with Crippen molar-refractivity contribution in [3.63, 3.8) is 0 Å². The highest BCUT2D eigenvalue weighted by Crippen LogP contribution is 2.15. The highest BCUT2D eigenvalue weighted by atomic mass is 16.5. The fourth-order valence-electron chi connectivity index (χ4n) is 2.01. The Morgan fingerprint density at radius 3 is 2.81 bits per heavy atom. The molecule has 0 spiro atoms. The Bertz CT molecular complexity index is 690. The predicted molar refractivity (Wildman–Crippen MR) is 74.4 cm³/mol. The number of nitrogens with one attached hydrogen (secondary N) is 1. The van der Waals surface area contributed by atoms with Gasteiger partial charge < -0.3 is 20.3 Å². The van der Waals surface area contributed by atoms with Crippen LogP contribution in [0.2, 0.25) is 0 Å². The molecular formula is C14H15N5O2. The van der Waals surface area contributed by atoms with E-state index in [1.807, 2.05) is 12.1 Å². The lowest BCUT2D eigenvalue weighted by Crippen LogP contribution is -2.14. The second-order valence-electron chi connectivity index (χ2n) is 4.78. The lowest BCUT2D eigenvalue weighted by Gasteiger charge is -2.03. The minimum Gasteiger partial charge on any atom is -0.508 e. The fraction of sp³-hybridized carbons (Fsp3) is 0.214. The van der Waals surface area contributed by atoms with Gasteiger partial charge in [0.15, 0.2) is 5.82 Å². The third-order valence-corrected chi connectivity index (χ3v) is 3.09. The Morgan fingerprint density at radius 1 is 1.29 bits per heavy atom. The molecule has 2 aromatic heterocycles. The molecule has 7 nitrogen and oxygen atoms in total. The maximum absolute atomic E-state index is 9.25. The normalized spacial score (nSPS) is 12.4. The second-order valence-corrected chi connectivity index (χ2v) is 4.78. The van der Waals surface area contributed by atoms with Crippen molar-refractivity contribution < 1.29 is 9.63 Å². The van der Waals surface area contributed by atoms with Crippen molar-refractivity contribution in [2.45, 2.75) is 18.9 Å². The lowest BCUT2D eigenvalue weighted by molar-refractivity contribution is 0.350. The van der Waals surface area contributed by atoms with Crippen molar-refractivity contribution >= 4 is 0 Å². The topological polar surface area (TPSA) is 114 Å². The van der Waals surface area contributed by atoms with Crippen LogP contribution in [0.3, 0.4) is 0 Å². The zero-order valence-corrected chi connectivity index (χ0v) is 11.2. The summed E-state index contributed by atoms with van der Waals surface area (Å²) in [4.78, 5) is 11.2. The van der Waals surface area contributed by atoms with Crippen LogP contribution >= 0.6 is 0 Å². The Balaban J connectivity index is 1.66. The number of aromatic amines is 1. The van der Waals surface area contributed by atoms with Gasteiger partial charge in [0.2, 0.25) is 5.89 Å². The van der Waals surface area contributed by atoms with E-state index in [0.717, 1.165) is 11.3 Å². The number of aromatic nitrogens is 4. The molecule has 2 heterocycles. The molecule has 1 aromatic carbocycles. The molecule has 7 heteroatoms. The Morgan fingerprint density at radius 2 is 2.10 bits per heavy atom. The van der Waals surface area contributed by atoms with Crippen molar-refractivity contribution in [2.24, 2.45) is 5.73 Å². The largest absolute Gasteiger partial charge is 0.508 e. The summed E-state index contributed by atoms with van der Waals surface area (Å²) in [6.45, 7) is 0. The summed E-state index contributed by atoms with van der Waals surface area (Å²) in [6.07, 6.45) is 4.40. The molecule has 1 atom stereocenters. The van der Waals surface area contributed by atoms with Crippen LogP contribution in [0.25, 0.3) is 0 Å². The van der Waals surface area contributed by atoms with E-state index < -0.39 is 0 Å². The van der Waals surface area contributed by atoms with Crippen LogP contribution in [0.4, 0.5) is 0 Å². The van der Waals surface area contributed by atoms with Gasteiger partial charge in [-0.1, -0.05) is 17.3 Å². The van der Waals surface area contributed by atoms with E-state index in [9.17, 15) is 5.11 Å². The molecular weight excluding hydrogens is 270 g/mol. The number of phenols is 1. The molecule has 0 fully saturated rings. The van der Waals surface area contributed by atoms with E-state index in [4.69, 9.17) is 10.3 Å². The zero-order chi connectivity index (χ0) is 14.7. The predicted octanol–water partition coefficient (Wildman–Crippen LogP) is 1.33. The standard InChI is InChI=1S/C14H15N5O2/c15-12(6-10-7-16-8-17-10)14-18-13(19-21-14)5-9-1-3-11(20)4-2-9/h1-4,7-8,12,20H,5-6,15H2,(H,16,17)/t12-/m1/s1. The molecule has 0 amide bonds. The number of hydrogen-bond acceptors (Lipinski definition) is 6. The van der Waals surface area contributed by atoms with Gasteiger partial charge >= 0.3 is 0 Å². The number of benzene rings is 1. The lowest BCUT2D eigenvalue weighted by atomic mass is 10.1. The van der Waals surface area contributed by atoms with Crippen LogP contribution in [-0.4, -0.2) is 25.2 Å². The van der Waals surface area contributed by atoms with Gasteiger partial charge in [-0.3, -0.25) is 0 Å². The molecule has 3 rings (SSSR count). The quantitative estimate of drug-likeness (QED) is 0.651. The van der Waals surface area contributed by atoms with E-state index in [1.165, 1.54) is 0 Å². The van der Waals surface area contributed by atoms with E-state index >= 15 is 0 Å². The van der Waals surface area contributed by atoms with Gasteiger partial charge in [0.1, 0.15) is 5.75 Å². The SMILES string of the molecule is N[C@H](Cc1cnc[nH]1)c1nc(Cc2ccc(O)cc2)no1. The average Bonchev–Trinajstić information content (AvgIpc) is 3.13. The van der Waals surface area contributed by atoms with Gasteiger partial charge in [-0.05, 0) is 17.7 Å². The van der Waals surface area contributed by atoms with Crippen LogP contribution in [0.15, 0.2) is 41.3 Å². The highest BCUT2D eigenvalue weighted by Gasteiger charge is 2.16. The van der Waals surface area contributed by atoms with Gasteiger partial charge in [-0.2, -0.15) is 4.98 Å². The smallest absolute Gasteiger partial charge is 0.243 e.